The van der Waals surface area contributed by atoms with Gasteiger partial charge in [-0.1, -0.05) is 0 Å². The van der Waals surface area contributed by atoms with Crippen molar-refractivity contribution in [3.8, 4) is 0 Å². The lowest BCUT2D eigenvalue weighted by Gasteiger charge is -2.18. The van der Waals surface area contributed by atoms with Gasteiger partial charge in [0.2, 0.25) is 0 Å². The molecule has 0 saturated carbocycles. The molecule has 1 N–H and O–H groups in total. The molecule has 1 aromatic heterocycles. The van der Waals surface area contributed by atoms with Crippen molar-refractivity contribution in [1.29, 1.82) is 0 Å². The molecule has 1 atom stereocenters. The van der Waals surface area contributed by atoms with E-state index in [1.54, 1.807) is 6.20 Å². The Balaban J connectivity index is 2.30. The van der Waals surface area contributed by atoms with Gasteiger partial charge in [-0.25, -0.2) is 0 Å². The van der Waals surface area contributed by atoms with Gasteiger partial charge in [0.1, 0.15) is 0 Å². The molecule has 0 spiro atoms. The SMILES string of the molecule is O[C@H]1CCn2nccc2C1. The number of aliphatic hydroxyl groups excluding tert-OH is 1. The number of hydrogen-bond acceptors (Lipinski definition) is 2. The van der Waals surface area contributed by atoms with Crippen LogP contribution < -0.4 is 0 Å². The summed E-state index contributed by atoms with van der Waals surface area (Å²) in [6.07, 6.45) is 3.24. The Morgan fingerprint density at radius 3 is 3.50 bits per heavy atom. The zero-order valence-electron chi connectivity index (χ0n) is 5.70. The van der Waals surface area contributed by atoms with E-state index < -0.39 is 0 Å². The molecule has 3 nitrogen and oxygen atoms in total. The second-order valence-electron chi connectivity index (χ2n) is 2.69. The molecular formula is C7H10N2O. The van der Waals surface area contributed by atoms with Crippen LogP contribution in [0, 0.1) is 0 Å². The quantitative estimate of drug-likeness (QED) is 0.555. The topological polar surface area (TPSA) is 38.0 Å². The fraction of sp³-hybridized carbons (Fsp3) is 0.571. The molecule has 1 aliphatic heterocycles. The van der Waals surface area contributed by atoms with Crippen LogP contribution in [0.5, 0.6) is 0 Å². The van der Waals surface area contributed by atoms with Crippen molar-refractivity contribution < 1.29 is 5.11 Å². The third-order valence-corrected chi connectivity index (χ3v) is 1.92. The summed E-state index contributed by atoms with van der Waals surface area (Å²) < 4.78 is 1.95. The first-order valence-electron chi connectivity index (χ1n) is 3.55. The first-order valence-corrected chi connectivity index (χ1v) is 3.55. The minimum absolute atomic E-state index is 0.149. The summed E-state index contributed by atoms with van der Waals surface area (Å²) in [6, 6.07) is 1.96. The van der Waals surface area contributed by atoms with Crippen LogP contribution in [-0.4, -0.2) is 21.0 Å². The molecule has 0 amide bonds. The number of hydrogen-bond donors (Lipinski definition) is 1. The average Bonchev–Trinajstić information content (AvgIpc) is 2.33. The van der Waals surface area contributed by atoms with Gasteiger partial charge in [0.25, 0.3) is 0 Å². The van der Waals surface area contributed by atoms with Crippen LogP contribution in [0.2, 0.25) is 0 Å². The van der Waals surface area contributed by atoms with Crippen molar-refractivity contribution in [3.63, 3.8) is 0 Å². The van der Waals surface area contributed by atoms with E-state index in [-0.39, 0.29) is 6.10 Å². The molecule has 1 aliphatic rings. The van der Waals surface area contributed by atoms with E-state index >= 15 is 0 Å². The van der Waals surface area contributed by atoms with Crippen molar-refractivity contribution >= 4 is 0 Å². The smallest absolute Gasteiger partial charge is 0.0613 e. The molecule has 2 rings (SSSR count). The third-order valence-electron chi connectivity index (χ3n) is 1.92. The summed E-state index contributed by atoms with van der Waals surface area (Å²) >= 11 is 0. The molecule has 0 unspecified atom stereocenters. The normalized spacial score (nSPS) is 24.3. The van der Waals surface area contributed by atoms with Gasteiger partial charge in [0.05, 0.1) is 6.10 Å². The first kappa shape index (κ1) is 5.92. The van der Waals surface area contributed by atoms with Gasteiger partial charge in [-0.3, -0.25) is 4.68 Å². The maximum Gasteiger partial charge on any atom is 0.0613 e. The maximum absolute atomic E-state index is 9.23. The van der Waals surface area contributed by atoms with Crippen LogP contribution >= 0.6 is 0 Å². The van der Waals surface area contributed by atoms with Gasteiger partial charge in [-0.05, 0) is 12.5 Å². The predicted octanol–water partition coefficient (Wildman–Crippen LogP) is 0.190. The highest BCUT2D eigenvalue weighted by atomic mass is 16.3. The molecule has 2 heterocycles. The molecule has 0 fully saturated rings. The maximum atomic E-state index is 9.23. The Morgan fingerprint density at radius 1 is 1.70 bits per heavy atom. The molecule has 0 aromatic carbocycles. The highest BCUT2D eigenvalue weighted by Gasteiger charge is 2.15. The second-order valence-corrected chi connectivity index (χ2v) is 2.69. The van der Waals surface area contributed by atoms with Crippen LogP contribution in [0.3, 0.4) is 0 Å². The van der Waals surface area contributed by atoms with Gasteiger partial charge in [0, 0.05) is 24.9 Å². The Hall–Kier alpha value is -0.830. The van der Waals surface area contributed by atoms with E-state index in [1.807, 2.05) is 10.7 Å². The van der Waals surface area contributed by atoms with E-state index in [0.29, 0.717) is 0 Å². The highest BCUT2D eigenvalue weighted by molar-refractivity contribution is 5.04. The monoisotopic (exact) mass is 138 g/mol. The van der Waals surface area contributed by atoms with Crippen molar-refractivity contribution in [2.45, 2.75) is 25.5 Å². The van der Waals surface area contributed by atoms with Crippen LogP contribution in [0.1, 0.15) is 12.1 Å². The van der Waals surface area contributed by atoms with Crippen LogP contribution in [0.25, 0.3) is 0 Å². The minimum atomic E-state index is -0.149. The lowest BCUT2D eigenvalue weighted by Crippen LogP contribution is -2.23. The molecule has 0 saturated heterocycles. The molecule has 0 radical (unpaired) electrons. The molecule has 0 bridgehead atoms. The van der Waals surface area contributed by atoms with Gasteiger partial charge >= 0.3 is 0 Å². The van der Waals surface area contributed by atoms with Crippen molar-refractivity contribution in [2.75, 3.05) is 0 Å². The summed E-state index contributed by atoms with van der Waals surface area (Å²) in [5.74, 6) is 0. The van der Waals surface area contributed by atoms with E-state index in [1.165, 1.54) is 0 Å². The number of aliphatic hydroxyl groups is 1. The van der Waals surface area contributed by atoms with Crippen LogP contribution in [0.15, 0.2) is 12.3 Å². The lowest BCUT2D eigenvalue weighted by atomic mass is 10.1. The fourth-order valence-corrected chi connectivity index (χ4v) is 1.35. The van der Waals surface area contributed by atoms with Gasteiger partial charge in [-0.2, -0.15) is 5.10 Å². The van der Waals surface area contributed by atoms with E-state index in [0.717, 1.165) is 25.1 Å². The first-order chi connectivity index (χ1) is 4.86. The number of aromatic nitrogens is 2. The minimum Gasteiger partial charge on any atom is -0.393 e. The van der Waals surface area contributed by atoms with Crippen molar-refractivity contribution in [2.24, 2.45) is 0 Å². The van der Waals surface area contributed by atoms with Gasteiger partial charge in [-0.15, -0.1) is 0 Å². The highest BCUT2D eigenvalue weighted by Crippen LogP contribution is 2.12. The molecule has 0 aliphatic carbocycles. The Bertz CT molecular complexity index is 231. The van der Waals surface area contributed by atoms with E-state index in [9.17, 15) is 5.11 Å². The average molecular weight is 138 g/mol. The summed E-state index contributed by atoms with van der Waals surface area (Å²) in [5, 5.41) is 13.3. The molecule has 1 aromatic rings. The standard InChI is InChI=1S/C7H10N2O/c10-7-2-4-9-6(5-7)1-3-8-9/h1,3,7,10H,2,4-5H2/t7-/m0/s1. The Labute approximate surface area is 59.3 Å². The Kier molecular flexibility index (Phi) is 1.24. The molecular weight excluding hydrogens is 128 g/mol. The zero-order valence-corrected chi connectivity index (χ0v) is 5.70. The van der Waals surface area contributed by atoms with Crippen molar-refractivity contribution in [1.82, 2.24) is 9.78 Å². The summed E-state index contributed by atoms with van der Waals surface area (Å²) in [4.78, 5) is 0. The summed E-state index contributed by atoms with van der Waals surface area (Å²) in [5.41, 5.74) is 1.15. The van der Waals surface area contributed by atoms with Crippen molar-refractivity contribution in [3.05, 3.63) is 18.0 Å². The summed E-state index contributed by atoms with van der Waals surface area (Å²) in [7, 11) is 0. The molecule has 3 heteroatoms. The number of nitrogens with zero attached hydrogens (tertiary/aromatic N) is 2. The lowest BCUT2D eigenvalue weighted by molar-refractivity contribution is 0.140. The number of fused-ring (bicyclic) bond motifs is 1. The zero-order chi connectivity index (χ0) is 6.97. The van der Waals surface area contributed by atoms with Gasteiger partial charge in [0.15, 0.2) is 0 Å². The third kappa shape index (κ3) is 0.827. The number of rotatable bonds is 0. The van der Waals surface area contributed by atoms with E-state index in [2.05, 4.69) is 5.10 Å². The van der Waals surface area contributed by atoms with Crippen LogP contribution in [-0.2, 0) is 13.0 Å². The fourth-order valence-electron chi connectivity index (χ4n) is 1.35. The van der Waals surface area contributed by atoms with Crippen LogP contribution in [0.4, 0.5) is 0 Å². The summed E-state index contributed by atoms with van der Waals surface area (Å²) in [6.45, 7) is 0.865. The second kappa shape index (κ2) is 2.09. The number of aryl methyl sites for hydroxylation is 1. The molecule has 54 valence electrons. The molecule has 10 heavy (non-hydrogen) atoms. The van der Waals surface area contributed by atoms with Gasteiger partial charge < -0.3 is 5.11 Å². The largest absolute Gasteiger partial charge is 0.393 e. The predicted molar refractivity (Wildman–Crippen MR) is 36.6 cm³/mol. The Morgan fingerprint density at radius 2 is 2.60 bits per heavy atom. The van der Waals surface area contributed by atoms with E-state index in [4.69, 9.17) is 0 Å².